The number of thiophene rings is 2. The minimum Gasteiger partial charge on any atom is -0.462 e. The lowest BCUT2D eigenvalue weighted by Crippen LogP contribution is -2.50. The van der Waals surface area contributed by atoms with Gasteiger partial charge in [0.2, 0.25) is 5.91 Å². The Morgan fingerprint density at radius 3 is 2.49 bits per heavy atom. The molecular formula is C28H25Cl2N3O4S2. The fraction of sp³-hybridized carbons (Fsp3) is 0.250. The number of hydrogen-bond acceptors (Lipinski definition) is 7. The number of nitrogens with zero attached hydrogens (tertiary/aromatic N) is 2. The summed E-state index contributed by atoms with van der Waals surface area (Å²) in [5.74, 6) is -0.819. The highest BCUT2D eigenvalue weighted by atomic mass is 35.5. The molecule has 0 radical (unpaired) electrons. The second kappa shape index (κ2) is 12.1. The van der Waals surface area contributed by atoms with Crippen molar-refractivity contribution in [1.82, 2.24) is 9.80 Å². The maximum atomic E-state index is 13.2. The van der Waals surface area contributed by atoms with Crippen LogP contribution in [0.4, 0.5) is 5.00 Å². The average Bonchev–Trinajstić information content (AvgIpc) is 3.49. The van der Waals surface area contributed by atoms with Crippen molar-refractivity contribution < 1.29 is 19.1 Å². The van der Waals surface area contributed by atoms with Crippen LogP contribution in [0.5, 0.6) is 0 Å². The number of anilines is 1. The highest BCUT2D eigenvalue weighted by Crippen LogP contribution is 2.38. The zero-order valence-corrected chi connectivity index (χ0v) is 24.2. The van der Waals surface area contributed by atoms with E-state index in [0.29, 0.717) is 51.7 Å². The second-order valence-electron chi connectivity index (χ2n) is 8.94. The van der Waals surface area contributed by atoms with Gasteiger partial charge in [-0.3, -0.25) is 14.5 Å². The van der Waals surface area contributed by atoms with Crippen molar-refractivity contribution in [2.24, 2.45) is 0 Å². The van der Waals surface area contributed by atoms with Gasteiger partial charge in [0.1, 0.15) is 15.4 Å². The van der Waals surface area contributed by atoms with Crippen LogP contribution >= 0.6 is 45.9 Å². The Balaban J connectivity index is 1.22. The van der Waals surface area contributed by atoms with Crippen LogP contribution in [0.2, 0.25) is 10.0 Å². The van der Waals surface area contributed by atoms with E-state index in [1.807, 2.05) is 52.7 Å². The largest absolute Gasteiger partial charge is 0.462 e. The molecule has 1 aliphatic heterocycles. The molecule has 0 aliphatic carbocycles. The lowest BCUT2D eigenvalue weighted by Gasteiger charge is -2.34. The van der Waals surface area contributed by atoms with Gasteiger partial charge in [-0.05, 0) is 24.6 Å². The van der Waals surface area contributed by atoms with Crippen LogP contribution in [0.3, 0.4) is 0 Å². The molecule has 7 nitrogen and oxygen atoms in total. The van der Waals surface area contributed by atoms with Crippen molar-refractivity contribution in [3.05, 3.63) is 74.4 Å². The van der Waals surface area contributed by atoms with Crippen molar-refractivity contribution in [3.8, 4) is 11.1 Å². The Kier molecular flexibility index (Phi) is 8.54. The number of piperazine rings is 1. The molecule has 4 aromatic rings. The molecule has 2 amide bonds. The fourth-order valence-corrected chi connectivity index (χ4v) is 7.21. The third-order valence-corrected chi connectivity index (χ3v) is 9.20. The topological polar surface area (TPSA) is 79.0 Å². The van der Waals surface area contributed by atoms with E-state index >= 15 is 0 Å². The number of fused-ring (bicyclic) bond motifs is 1. The maximum Gasteiger partial charge on any atom is 0.341 e. The van der Waals surface area contributed by atoms with Gasteiger partial charge in [0, 0.05) is 52.2 Å². The molecule has 5 rings (SSSR count). The summed E-state index contributed by atoms with van der Waals surface area (Å²) in [5.41, 5.74) is 1.96. The third-order valence-electron chi connectivity index (χ3n) is 6.42. The molecule has 1 saturated heterocycles. The van der Waals surface area contributed by atoms with E-state index in [-0.39, 0.29) is 25.0 Å². The van der Waals surface area contributed by atoms with Crippen LogP contribution in [0.15, 0.2) is 53.9 Å². The van der Waals surface area contributed by atoms with Gasteiger partial charge in [-0.2, -0.15) is 0 Å². The van der Waals surface area contributed by atoms with Crippen LogP contribution in [0, 0.1) is 0 Å². The summed E-state index contributed by atoms with van der Waals surface area (Å²) in [5, 5.41) is 7.08. The fourth-order valence-electron chi connectivity index (χ4n) is 4.48. The molecule has 0 spiro atoms. The highest BCUT2D eigenvalue weighted by Gasteiger charge is 2.28. The monoisotopic (exact) mass is 601 g/mol. The van der Waals surface area contributed by atoms with Gasteiger partial charge in [-0.15, -0.1) is 22.7 Å². The summed E-state index contributed by atoms with van der Waals surface area (Å²) in [6.07, 6.45) is 0. The first kappa shape index (κ1) is 27.6. The molecule has 0 unspecified atom stereocenters. The molecule has 11 heteroatoms. The van der Waals surface area contributed by atoms with Crippen LogP contribution in [0.1, 0.15) is 27.0 Å². The molecule has 0 atom stereocenters. The van der Waals surface area contributed by atoms with Gasteiger partial charge in [-0.1, -0.05) is 59.6 Å². The van der Waals surface area contributed by atoms with E-state index < -0.39 is 5.97 Å². The summed E-state index contributed by atoms with van der Waals surface area (Å²) in [6, 6.07) is 14.9. The Labute approximate surface area is 243 Å². The van der Waals surface area contributed by atoms with Crippen LogP contribution in [-0.4, -0.2) is 66.9 Å². The zero-order chi connectivity index (χ0) is 27.5. The Bertz CT molecular complexity index is 1530. The number of amides is 2. The summed E-state index contributed by atoms with van der Waals surface area (Å²) >= 11 is 15.2. The van der Waals surface area contributed by atoms with E-state index in [4.69, 9.17) is 27.9 Å². The van der Waals surface area contributed by atoms with E-state index in [9.17, 15) is 14.4 Å². The minimum absolute atomic E-state index is 0.118. The van der Waals surface area contributed by atoms with Crippen molar-refractivity contribution in [1.29, 1.82) is 0 Å². The molecule has 202 valence electrons. The lowest BCUT2D eigenvalue weighted by atomic mass is 10.0. The molecular weight excluding hydrogens is 577 g/mol. The SMILES string of the molecule is CCOC(=O)c1c(-c2ccccc2)csc1NC(=O)CN1CCN(C(=O)c2sc3cc(Cl)ccc3c2Cl)CC1. The van der Waals surface area contributed by atoms with E-state index in [2.05, 4.69) is 5.32 Å². The van der Waals surface area contributed by atoms with Gasteiger partial charge in [0.25, 0.3) is 5.91 Å². The first-order valence-electron chi connectivity index (χ1n) is 12.4. The molecule has 1 fully saturated rings. The number of esters is 1. The van der Waals surface area contributed by atoms with Gasteiger partial charge in [-0.25, -0.2) is 4.79 Å². The van der Waals surface area contributed by atoms with Crippen LogP contribution in [0.25, 0.3) is 21.2 Å². The van der Waals surface area contributed by atoms with Gasteiger partial charge in [0.05, 0.1) is 18.2 Å². The van der Waals surface area contributed by atoms with Crippen LogP contribution in [-0.2, 0) is 9.53 Å². The third kappa shape index (κ3) is 5.97. The Morgan fingerprint density at radius 2 is 1.77 bits per heavy atom. The molecule has 39 heavy (non-hydrogen) atoms. The number of hydrogen-bond donors (Lipinski definition) is 1. The molecule has 3 heterocycles. The maximum absolute atomic E-state index is 13.2. The van der Waals surface area contributed by atoms with Gasteiger partial charge >= 0.3 is 5.97 Å². The number of carbonyl (C=O) groups is 3. The quantitative estimate of drug-likeness (QED) is 0.244. The summed E-state index contributed by atoms with van der Waals surface area (Å²) in [6.45, 7) is 4.16. The normalized spacial score (nSPS) is 14.0. The molecule has 1 N–H and O–H groups in total. The number of halogens is 2. The number of nitrogens with one attached hydrogen (secondary N) is 1. The smallest absolute Gasteiger partial charge is 0.341 e. The first-order valence-corrected chi connectivity index (χ1v) is 14.8. The predicted molar refractivity (Wildman–Crippen MR) is 159 cm³/mol. The second-order valence-corrected chi connectivity index (χ2v) is 11.7. The van der Waals surface area contributed by atoms with E-state index in [1.165, 1.54) is 22.7 Å². The molecule has 1 aliphatic rings. The number of ether oxygens (including phenoxy) is 1. The van der Waals surface area contributed by atoms with Gasteiger partial charge in [0.15, 0.2) is 0 Å². The summed E-state index contributed by atoms with van der Waals surface area (Å²) in [7, 11) is 0. The lowest BCUT2D eigenvalue weighted by molar-refractivity contribution is -0.117. The van der Waals surface area contributed by atoms with E-state index in [1.54, 1.807) is 17.9 Å². The van der Waals surface area contributed by atoms with Gasteiger partial charge < -0.3 is 15.0 Å². The van der Waals surface area contributed by atoms with E-state index in [0.717, 1.165) is 21.2 Å². The van der Waals surface area contributed by atoms with Crippen molar-refractivity contribution in [2.45, 2.75) is 6.92 Å². The Morgan fingerprint density at radius 1 is 1.03 bits per heavy atom. The number of benzene rings is 2. The summed E-state index contributed by atoms with van der Waals surface area (Å²) < 4.78 is 6.15. The standard InChI is InChI=1S/C28H25Cl2N3O4S2/c1-2-37-28(36)23-20(17-6-4-3-5-7-17)16-38-26(23)31-22(34)15-32-10-12-33(13-11-32)27(35)25-24(30)19-9-8-18(29)14-21(19)39-25/h3-9,14,16H,2,10-13,15H2,1H3,(H,31,34). The van der Waals surface area contributed by atoms with Crippen molar-refractivity contribution in [2.75, 3.05) is 44.6 Å². The van der Waals surface area contributed by atoms with Crippen molar-refractivity contribution in [3.63, 3.8) is 0 Å². The molecule has 0 saturated carbocycles. The highest BCUT2D eigenvalue weighted by molar-refractivity contribution is 7.21. The van der Waals surface area contributed by atoms with Crippen LogP contribution < -0.4 is 5.32 Å². The predicted octanol–water partition coefficient (Wildman–Crippen LogP) is 6.51. The first-order chi connectivity index (χ1) is 18.9. The molecule has 2 aromatic heterocycles. The Hall–Kier alpha value is -2.95. The average molecular weight is 603 g/mol. The minimum atomic E-state index is -0.470. The molecule has 2 aromatic carbocycles. The van der Waals surface area contributed by atoms with Crippen molar-refractivity contribution >= 4 is 78.7 Å². The summed E-state index contributed by atoms with van der Waals surface area (Å²) in [4.78, 5) is 43.2. The zero-order valence-electron chi connectivity index (χ0n) is 21.0. The number of rotatable bonds is 7. The molecule has 0 bridgehead atoms. The number of carbonyl (C=O) groups excluding carboxylic acids is 3.